The second-order valence-electron chi connectivity index (χ2n) is 3.33. The number of carbonyl (C=O) groups excluding carboxylic acids is 1. The number of nitrogens with one attached hydrogen (secondary N) is 2. The molecule has 1 amide bonds. The van der Waals surface area contributed by atoms with Crippen LogP contribution in [0.15, 0.2) is 17.1 Å². The van der Waals surface area contributed by atoms with Crippen molar-refractivity contribution in [1.82, 2.24) is 10.2 Å². The van der Waals surface area contributed by atoms with Gasteiger partial charge in [0.05, 0.1) is 10.5 Å². The van der Waals surface area contributed by atoms with E-state index in [4.69, 9.17) is 5.41 Å². The van der Waals surface area contributed by atoms with Gasteiger partial charge in [-0.25, -0.2) is 0 Å². The van der Waals surface area contributed by atoms with Crippen LogP contribution in [0, 0.1) is 15.5 Å². The highest BCUT2D eigenvalue weighted by Crippen LogP contribution is 2.28. The van der Waals surface area contributed by atoms with Crippen LogP contribution < -0.4 is 5.32 Å². The van der Waals surface area contributed by atoms with Gasteiger partial charge in [-0.1, -0.05) is 11.3 Å². The van der Waals surface area contributed by atoms with Crippen LogP contribution in [0.2, 0.25) is 0 Å². The normalized spacial score (nSPS) is 17.7. The zero-order valence-electron chi connectivity index (χ0n) is 8.76. The van der Waals surface area contributed by atoms with E-state index >= 15 is 0 Å². The van der Waals surface area contributed by atoms with Crippen molar-refractivity contribution in [3.8, 4) is 0 Å². The lowest BCUT2D eigenvalue weighted by Gasteiger charge is -2.08. The molecule has 88 valence electrons. The van der Waals surface area contributed by atoms with E-state index in [-0.39, 0.29) is 16.7 Å². The number of hydrogen-bond acceptors (Lipinski definition) is 5. The van der Waals surface area contributed by atoms with Gasteiger partial charge < -0.3 is 4.90 Å². The Morgan fingerprint density at radius 2 is 2.35 bits per heavy atom. The third-order valence-electron chi connectivity index (χ3n) is 2.29. The van der Waals surface area contributed by atoms with Crippen molar-refractivity contribution in [3.05, 3.63) is 32.8 Å². The van der Waals surface area contributed by atoms with Crippen molar-refractivity contribution < 1.29 is 9.72 Å². The quantitative estimate of drug-likeness (QED) is 0.465. The van der Waals surface area contributed by atoms with Gasteiger partial charge in [0.2, 0.25) is 5.96 Å². The summed E-state index contributed by atoms with van der Waals surface area (Å²) in [5.74, 6) is -0.475. The highest BCUT2D eigenvalue weighted by Gasteiger charge is 2.28. The first-order valence-corrected chi connectivity index (χ1v) is 5.46. The molecule has 0 aliphatic carbocycles. The number of nitro groups is 1. The maximum absolute atomic E-state index is 11.5. The van der Waals surface area contributed by atoms with Gasteiger partial charge in [-0.3, -0.25) is 25.6 Å². The molecule has 0 aromatic carbocycles. The summed E-state index contributed by atoms with van der Waals surface area (Å²) in [5, 5.41) is 22.0. The van der Waals surface area contributed by atoms with Crippen molar-refractivity contribution in [2.24, 2.45) is 0 Å². The first-order chi connectivity index (χ1) is 8.00. The minimum Gasteiger partial charge on any atom is -0.311 e. The predicted octanol–water partition coefficient (Wildman–Crippen LogP) is 0.994. The highest BCUT2D eigenvalue weighted by atomic mass is 32.1. The Morgan fingerprint density at radius 1 is 1.65 bits per heavy atom. The van der Waals surface area contributed by atoms with Gasteiger partial charge in [0.15, 0.2) is 0 Å². The molecule has 8 heteroatoms. The molecule has 17 heavy (non-hydrogen) atoms. The summed E-state index contributed by atoms with van der Waals surface area (Å²) in [6.45, 7) is 0. The lowest BCUT2D eigenvalue weighted by atomic mass is 10.2. The fourth-order valence-corrected chi connectivity index (χ4v) is 2.10. The molecule has 1 fully saturated rings. The molecule has 7 nitrogen and oxygen atoms in total. The van der Waals surface area contributed by atoms with E-state index in [1.807, 2.05) is 0 Å². The lowest BCUT2D eigenvalue weighted by Crippen LogP contribution is -2.25. The van der Waals surface area contributed by atoms with E-state index in [0.717, 1.165) is 11.3 Å². The van der Waals surface area contributed by atoms with Crippen molar-refractivity contribution >= 4 is 34.3 Å². The smallest absolute Gasteiger partial charge is 0.311 e. The lowest BCUT2D eigenvalue weighted by molar-refractivity contribution is -0.380. The Labute approximate surface area is 100 Å². The van der Waals surface area contributed by atoms with E-state index in [1.165, 1.54) is 11.0 Å². The summed E-state index contributed by atoms with van der Waals surface area (Å²) in [4.78, 5) is 23.0. The summed E-state index contributed by atoms with van der Waals surface area (Å²) in [5.41, 5.74) is 0.586. The molecule has 0 unspecified atom stereocenters. The van der Waals surface area contributed by atoms with Crippen molar-refractivity contribution in [3.63, 3.8) is 0 Å². The molecular formula is C9H8N4O3S. The minimum absolute atomic E-state index is 0.0165. The number of hydrogen-bond donors (Lipinski definition) is 2. The topological polar surface area (TPSA) is 99.3 Å². The van der Waals surface area contributed by atoms with Crippen LogP contribution in [-0.2, 0) is 4.79 Å². The largest absolute Gasteiger partial charge is 0.331 e. The molecular weight excluding hydrogens is 244 g/mol. The SMILES string of the molecule is CN1C(=N)NC(=O)/C1=C/c1ccsc1[N+](=O)[O-]. The Balaban J connectivity index is 2.43. The van der Waals surface area contributed by atoms with Gasteiger partial charge in [-0.05, 0) is 17.5 Å². The summed E-state index contributed by atoms with van der Waals surface area (Å²) in [6, 6.07) is 1.57. The number of nitrogens with zero attached hydrogens (tertiary/aromatic N) is 2. The van der Waals surface area contributed by atoms with Gasteiger partial charge in [0.1, 0.15) is 5.70 Å². The van der Waals surface area contributed by atoms with E-state index in [9.17, 15) is 14.9 Å². The molecule has 2 N–H and O–H groups in total. The fourth-order valence-electron chi connectivity index (χ4n) is 1.41. The van der Waals surface area contributed by atoms with Gasteiger partial charge in [0.25, 0.3) is 5.91 Å². The zero-order valence-corrected chi connectivity index (χ0v) is 9.58. The first kappa shape index (κ1) is 11.3. The molecule has 0 radical (unpaired) electrons. The van der Waals surface area contributed by atoms with E-state index in [2.05, 4.69) is 5.32 Å². The summed E-state index contributed by atoms with van der Waals surface area (Å²) in [7, 11) is 1.55. The molecule has 0 spiro atoms. The van der Waals surface area contributed by atoms with Gasteiger partial charge in [0, 0.05) is 7.05 Å². The summed E-state index contributed by atoms with van der Waals surface area (Å²) < 4.78 is 0. The third kappa shape index (κ3) is 1.89. The standard InChI is InChI=1S/C9H8N4O3S/c1-12-6(7(14)11-9(12)10)4-5-2-3-17-8(5)13(15)16/h2-4H,1H3,(H2,10,11,14)/b6-4-. The maximum atomic E-state index is 11.5. The van der Waals surface area contributed by atoms with Crippen molar-refractivity contribution in [1.29, 1.82) is 5.41 Å². The maximum Gasteiger partial charge on any atom is 0.331 e. The molecule has 0 bridgehead atoms. The molecule has 0 atom stereocenters. The Bertz CT molecular complexity index is 548. The number of likely N-dealkylation sites (N-methyl/N-ethyl adjacent to an activating group) is 1. The minimum atomic E-state index is -0.491. The van der Waals surface area contributed by atoms with Gasteiger partial charge in [-0.15, -0.1) is 0 Å². The van der Waals surface area contributed by atoms with Gasteiger partial charge in [-0.2, -0.15) is 0 Å². The summed E-state index contributed by atoms with van der Waals surface area (Å²) >= 11 is 0.997. The average Bonchev–Trinajstić information content (AvgIpc) is 2.80. The average molecular weight is 252 g/mol. The van der Waals surface area contributed by atoms with Gasteiger partial charge >= 0.3 is 5.00 Å². The van der Waals surface area contributed by atoms with Crippen LogP contribution in [0.3, 0.4) is 0 Å². The van der Waals surface area contributed by atoms with Crippen LogP contribution in [0.25, 0.3) is 6.08 Å². The Morgan fingerprint density at radius 3 is 2.88 bits per heavy atom. The molecule has 1 aromatic rings. The molecule has 2 heterocycles. The molecule has 1 aromatic heterocycles. The fraction of sp³-hybridized carbons (Fsp3) is 0.111. The van der Waals surface area contributed by atoms with Crippen LogP contribution >= 0.6 is 11.3 Å². The molecule has 1 saturated heterocycles. The number of carbonyl (C=O) groups is 1. The zero-order chi connectivity index (χ0) is 12.6. The highest BCUT2D eigenvalue weighted by molar-refractivity contribution is 7.13. The van der Waals surface area contributed by atoms with Crippen molar-refractivity contribution in [2.45, 2.75) is 0 Å². The second-order valence-corrected chi connectivity index (χ2v) is 4.22. The van der Waals surface area contributed by atoms with Crippen LogP contribution in [-0.4, -0.2) is 28.7 Å². The number of thiophene rings is 1. The third-order valence-corrected chi connectivity index (χ3v) is 3.17. The monoisotopic (exact) mass is 252 g/mol. The number of amides is 1. The Kier molecular flexibility index (Phi) is 2.64. The van der Waals surface area contributed by atoms with Crippen LogP contribution in [0.4, 0.5) is 5.00 Å². The van der Waals surface area contributed by atoms with E-state index in [0.29, 0.717) is 5.56 Å². The first-order valence-electron chi connectivity index (χ1n) is 4.58. The number of rotatable bonds is 2. The predicted molar refractivity (Wildman–Crippen MR) is 62.6 cm³/mol. The van der Waals surface area contributed by atoms with Crippen molar-refractivity contribution in [2.75, 3.05) is 7.05 Å². The molecule has 2 rings (SSSR count). The van der Waals surface area contributed by atoms with E-state index in [1.54, 1.807) is 18.5 Å². The summed E-state index contributed by atoms with van der Waals surface area (Å²) in [6.07, 6.45) is 1.41. The van der Waals surface area contributed by atoms with Crippen LogP contribution in [0.1, 0.15) is 5.56 Å². The molecule has 1 aliphatic heterocycles. The number of guanidine groups is 1. The van der Waals surface area contributed by atoms with Crippen LogP contribution in [0.5, 0.6) is 0 Å². The molecule has 0 saturated carbocycles. The molecule has 1 aliphatic rings. The second kappa shape index (κ2) is 3.98. The Hall–Kier alpha value is -2.22. The van der Waals surface area contributed by atoms with E-state index < -0.39 is 10.8 Å².